The van der Waals surface area contributed by atoms with Gasteiger partial charge in [0.05, 0.1) is 19.3 Å². The predicted molar refractivity (Wildman–Crippen MR) is 135 cm³/mol. The molecule has 0 unspecified atom stereocenters. The van der Waals surface area contributed by atoms with E-state index in [1.807, 2.05) is 51.1 Å². The lowest BCUT2D eigenvalue weighted by Crippen LogP contribution is -2.29. The lowest BCUT2D eigenvalue weighted by Gasteiger charge is -2.15. The Morgan fingerprint density at radius 3 is 2.56 bits per heavy atom. The molecule has 0 saturated carbocycles. The van der Waals surface area contributed by atoms with E-state index in [0.717, 1.165) is 11.1 Å². The van der Waals surface area contributed by atoms with Gasteiger partial charge in [-0.1, -0.05) is 32.0 Å². The van der Waals surface area contributed by atoms with Crippen molar-refractivity contribution in [2.24, 2.45) is 0 Å². The molecule has 0 spiro atoms. The number of hydrogen-bond donors (Lipinski definition) is 1. The molecule has 0 atom stereocenters. The number of hydrogen-bond acceptors (Lipinski definition) is 8. The molecule has 0 bridgehead atoms. The third-order valence-electron chi connectivity index (χ3n) is 5.45. The lowest BCUT2D eigenvalue weighted by molar-refractivity contribution is 0.305. The van der Waals surface area contributed by atoms with Crippen molar-refractivity contribution in [2.75, 3.05) is 26.9 Å². The number of nitrogens with zero attached hydrogens (tertiary/aromatic N) is 4. The average molecular weight is 512 g/mol. The average Bonchev–Trinajstić information content (AvgIpc) is 3.30. The normalized spacial score (nSPS) is 11.7. The van der Waals surface area contributed by atoms with E-state index in [0.29, 0.717) is 35.5 Å². The molecule has 190 valence electrons. The molecular formula is C25H29N5O5S. The van der Waals surface area contributed by atoms with E-state index in [-0.39, 0.29) is 24.0 Å². The number of nitrogens with one attached hydrogen (secondary N) is 1. The highest BCUT2D eigenvalue weighted by Crippen LogP contribution is 2.29. The van der Waals surface area contributed by atoms with E-state index in [2.05, 4.69) is 20.0 Å². The second-order valence-corrected chi connectivity index (χ2v) is 9.94. The smallest absolute Gasteiger partial charge is 0.244 e. The minimum absolute atomic E-state index is 0.0427. The van der Waals surface area contributed by atoms with Gasteiger partial charge in [0.2, 0.25) is 15.9 Å². The fourth-order valence-electron chi connectivity index (χ4n) is 3.62. The molecule has 0 amide bonds. The number of rotatable bonds is 11. The van der Waals surface area contributed by atoms with E-state index in [9.17, 15) is 8.42 Å². The Kier molecular flexibility index (Phi) is 7.70. The Balaban J connectivity index is 1.47. The molecule has 1 N–H and O–H groups in total. The molecule has 0 fully saturated rings. The van der Waals surface area contributed by atoms with Gasteiger partial charge in [-0.2, -0.15) is 4.52 Å². The molecule has 11 heteroatoms. The van der Waals surface area contributed by atoms with Gasteiger partial charge in [0, 0.05) is 12.6 Å². The van der Waals surface area contributed by atoms with Crippen molar-refractivity contribution in [2.45, 2.75) is 31.6 Å². The van der Waals surface area contributed by atoms with Gasteiger partial charge in [-0.25, -0.2) is 13.1 Å². The van der Waals surface area contributed by atoms with E-state index in [1.54, 1.807) is 35.9 Å². The molecule has 0 radical (unpaired) electrons. The highest BCUT2D eigenvalue weighted by Gasteiger charge is 2.21. The molecule has 0 aliphatic heterocycles. The van der Waals surface area contributed by atoms with Crippen LogP contribution < -0.4 is 18.9 Å². The fourth-order valence-corrected chi connectivity index (χ4v) is 4.81. The first-order valence-corrected chi connectivity index (χ1v) is 13.1. The fraction of sp³-hybridized carbons (Fsp3) is 0.320. The Morgan fingerprint density at radius 2 is 1.81 bits per heavy atom. The van der Waals surface area contributed by atoms with Crippen molar-refractivity contribution in [3.05, 3.63) is 60.2 Å². The Labute approximate surface area is 210 Å². The van der Waals surface area contributed by atoms with Gasteiger partial charge in [0.25, 0.3) is 0 Å². The summed E-state index contributed by atoms with van der Waals surface area (Å²) in [4.78, 5) is 0.112. The van der Waals surface area contributed by atoms with Gasteiger partial charge in [-0.05, 0) is 48.7 Å². The Hall–Kier alpha value is -3.70. The maximum atomic E-state index is 13.0. The van der Waals surface area contributed by atoms with Gasteiger partial charge in [-0.15, -0.1) is 15.3 Å². The quantitative estimate of drug-likeness (QED) is 0.303. The van der Waals surface area contributed by atoms with Crippen LogP contribution in [0, 0.1) is 0 Å². The summed E-state index contributed by atoms with van der Waals surface area (Å²) in [5.74, 6) is 1.94. The van der Waals surface area contributed by atoms with Crippen LogP contribution in [0.3, 0.4) is 0 Å². The molecule has 4 rings (SSSR count). The molecule has 10 nitrogen and oxygen atoms in total. The zero-order chi connectivity index (χ0) is 25.7. The monoisotopic (exact) mass is 511 g/mol. The third kappa shape index (κ3) is 5.42. The minimum atomic E-state index is -3.81. The van der Waals surface area contributed by atoms with Crippen LogP contribution in [0.5, 0.6) is 17.4 Å². The van der Waals surface area contributed by atoms with Crippen LogP contribution in [0.15, 0.2) is 59.5 Å². The SMILES string of the molecule is CCOc1ccc(C(C)C)cc1S(=O)(=O)NCCOc1ccc2nnc(-c3ccccc3OC)n2n1. The maximum Gasteiger partial charge on any atom is 0.244 e. The summed E-state index contributed by atoms with van der Waals surface area (Å²) >= 11 is 0. The molecule has 0 aliphatic carbocycles. The Bertz CT molecular complexity index is 1450. The zero-order valence-corrected chi connectivity index (χ0v) is 21.4. The van der Waals surface area contributed by atoms with Crippen molar-refractivity contribution in [3.63, 3.8) is 0 Å². The maximum absolute atomic E-state index is 13.0. The van der Waals surface area contributed by atoms with Gasteiger partial charge in [0.15, 0.2) is 11.5 Å². The zero-order valence-electron chi connectivity index (χ0n) is 20.6. The summed E-state index contributed by atoms with van der Waals surface area (Å²) in [6.45, 7) is 6.30. The van der Waals surface area contributed by atoms with Crippen LogP contribution in [0.4, 0.5) is 0 Å². The second-order valence-electron chi connectivity index (χ2n) is 8.21. The van der Waals surface area contributed by atoms with Crippen LogP contribution in [0.25, 0.3) is 17.0 Å². The first-order chi connectivity index (χ1) is 17.3. The van der Waals surface area contributed by atoms with Gasteiger partial charge in [-0.3, -0.25) is 0 Å². The number of sulfonamides is 1. The van der Waals surface area contributed by atoms with Crippen molar-refractivity contribution >= 4 is 15.7 Å². The summed E-state index contributed by atoms with van der Waals surface area (Å²) < 4.78 is 46.9. The summed E-state index contributed by atoms with van der Waals surface area (Å²) in [7, 11) is -2.23. The number of methoxy groups -OCH3 is 1. The first kappa shape index (κ1) is 25.4. The molecule has 2 heterocycles. The first-order valence-electron chi connectivity index (χ1n) is 11.6. The van der Waals surface area contributed by atoms with Gasteiger partial charge < -0.3 is 14.2 Å². The molecule has 0 saturated heterocycles. The van der Waals surface area contributed by atoms with Crippen LogP contribution >= 0.6 is 0 Å². The predicted octanol–water partition coefficient (Wildman–Crippen LogP) is 3.68. The van der Waals surface area contributed by atoms with E-state index in [1.165, 1.54) is 0 Å². The van der Waals surface area contributed by atoms with Crippen LogP contribution in [0.1, 0.15) is 32.3 Å². The van der Waals surface area contributed by atoms with E-state index >= 15 is 0 Å². The van der Waals surface area contributed by atoms with Crippen molar-refractivity contribution in [1.82, 2.24) is 24.5 Å². The molecule has 0 aliphatic rings. The molecule has 4 aromatic rings. The minimum Gasteiger partial charge on any atom is -0.496 e. The number of ether oxygens (including phenoxy) is 3. The van der Waals surface area contributed by atoms with E-state index in [4.69, 9.17) is 14.2 Å². The summed E-state index contributed by atoms with van der Waals surface area (Å²) in [5, 5.41) is 12.8. The summed E-state index contributed by atoms with van der Waals surface area (Å²) in [6, 6.07) is 16.0. The third-order valence-corrected chi connectivity index (χ3v) is 6.94. The number of benzene rings is 2. The lowest BCUT2D eigenvalue weighted by atomic mass is 10.0. The van der Waals surface area contributed by atoms with Crippen LogP contribution in [0.2, 0.25) is 0 Å². The van der Waals surface area contributed by atoms with Gasteiger partial charge in [0.1, 0.15) is 23.0 Å². The van der Waals surface area contributed by atoms with Crippen LogP contribution in [-0.4, -0.2) is 55.1 Å². The molecule has 2 aromatic heterocycles. The topological polar surface area (TPSA) is 117 Å². The number of fused-ring (bicyclic) bond motifs is 1. The molecule has 36 heavy (non-hydrogen) atoms. The molecule has 2 aromatic carbocycles. The van der Waals surface area contributed by atoms with Gasteiger partial charge >= 0.3 is 0 Å². The second kappa shape index (κ2) is 10.9. The Morgan fingerprint density at radius 1 is 1.00 bits per heavy atom. The van der Waals surface area contributed by atoms with Crippen molar-refractivity contribution < 1.29 is 22.6 Å². The number of aromatic nitrogens is 4. The standard InChI is InChI=1S/C25H29N5O5S/c1-5-34-21-11-10-18(17(2)3)16-22(21)36(31,32)26-14-15-35-24-13-12-23-27-28-25(30(23)29-24)19-8-6-7-9-20(19)33-4/h6-13,16-17,26H,5,14-15H2,1-4H3. The molecular weight excluding hydrogens is 482 g/mol. The summed E-state index contributed by atoms with van der Waals surface area (Å²) in [6.07, 6.45) is 0. The van der Waals surface area contributed by atoms with Crippen LogP contribution in [-0.2, 0) is 10.0 Å². The largest absolute Gasteiger partial charge is 0.496 e. The van der Waals surface area contributed by atoms with Crippen molar-refractivity contribution in [3.8, 4) is 28.8 Å². The van der Waals surface area contributed by atoms with E-state index < -0.39 is 10.0 Å². The highest BCUT2D eigenvalue weighted by molar-refractivity contribution is 7.89. The van der Waals surface area contributed by atoms with Crippen molar-refractivity contribution in [1.29, 1.82) is 0 Å². The summed E-state index contributed by atoms with van der Waals surface area (Å²) in [5.41, 5.74) is 2.18. The number of para-hydroxylation sites is 1. The highest BCUT2D eigenvalue weighted by atomic mass is 32.2.